The minimum Gasteiger partial charge on any atom is -0.394 e. The molecule has 0 fully saturated rings. The lowest BCUT2D eigenvalue weighted by Gasteiger charge is -2.18. The second-order valence-electron chi connectivity index (χ2n) is 5.22. The molecule has 2 unspecified atom stereocenters. The Morgan fingerprint density at radius 1 is 1.42 bits per heavy atom. The van der Waals surface area contributed by atoms with E-state index in [2.05, 4.69) is 41.6 Å². The highest BCUT2D eigenvalue weighted by Crippen LogP contribution is 2.37. The van der Waals surface area contributed by atoms with E-state index in [1.165, 1.54) is 11.1 Å². The summed E-state index contributed by atoms with van der Waals surface area (Å²) in [5, 5.41) is 16.7. The van der Waals surface area contributed by atoms with Crippen LogP contribution >= 0.6 is 0 Å². The molecule has 4 heteroatoms. The summed E-state index contributed by atoms with van der Waals surface area (Å²) in [6, 6.07) is 8.97. The second kappa shape index (κ2) is 5.05. The molecule has 4 nitrogen and oxygen atoms in total. The maximum Gasteiger partial charge on any atom is 0.0731 e. The third-order valence-corrected chi connectivity index (χ3v) is 3.79. The maximum absolute atomic E-state index is 8.90. The summed E-state index contributed by atoms with van der Waals surface area (Å²) in [7, 11) is 0. The van der Waals surface area contributed by atoms with Crippen LogP contribution in [0.2, 0.25) is 0 Å². The van der Waals surface area contributed by atoms with Gasteiger partial charge in [0.25, 0.3) is 0 Å². The van der Waals surface area contributed by atoms with E-state index >= 15 is 0 Å². The number of anilines is 1. The third kappa shape index (κ3) is 2.36. The SMILES string of the molecule is CC1Cc2ccccc2C1Nc1cnn(CCO)c1. The molecule has 2 atom stereocenters. The fourth-order valence-electron chi connectivity index (χ4n) is 2.86. The van der Waals surface area contributed by atoms with Gasteiger partial charge in [-0.3, -0.25) is 4.68 Å². The maximum atomic E-state index is 8.90. The summed E-state index contributed by atoms with van der Waals surface area (Å²) in [5.74, 6) is 0.582. The number of hydrogen-bond acceptors (Lipinski definition) is 3. The molecule has 2 N–H and O–H groups in total. The Morgan fingerprint density at radius 3 is 3.11 bits per heavy atom. The van der Waals surface area contributed by atoms with Crippen molar-refractivity contribution in [1.29, 1.82) is 0 Å². The van der Waals surface area contributed by atoms with Crippen molar-refractivity contribution in [2.24, 2.45) is 5.92 Å². The van der Waals surface area contributed by atoms with E-state index in [9.17, 15) is 0 Å². The Hall–Kier alpha value is -1.81. The minimum atomic E-state index is 0.115. The number of aromatic nitrogens is 2. The van der Waals surface area contributed by atoms with Crippen LogP contribution in [-0.2, 0) is 13.0 Å². The van der Waals surface area contributed by atoms with Crippen LogP contribution in [0.25, 0.3) is 0 Å². The van der Waals surface area contributed by atoms with Crippen LogP contribution in [0.1, 0.15) is 24.1 Å². The number of fused-ring (bicyclic) bond motifs is 1. The van der Waals surface area contributed by atoms with E-state index in [0.29, 0.717) is 18.5 Å². The Bertz CT molecular complexity index is 564. The molecule has 1 aliphatic rings. The first kappa shape index (κ1) is 12.2. The predicted molar refractivity (Wildman–Crippen MR) is 75.0 cm³/mol. The highest BCUT2D eigenvalue weighted by atomic mass is 16.3. The molecule has 0 radical (unpaired) electrons. The fraction of sp³-hybridized carbons (Fsp3) is 0.400. The van der Waals surface area contributed by atoms with E-state index in [1.807, 2.05) is 12.4 Å². The molecule has 1 aromatic heterocycles. The Balaban J connectivity index is 1.79. The Kier molecular flexibility index (Phi) is 3.25. The van der Waals surface area contributed by atoms with Crippen LogP contribution in [0.15, 0.2) is 36.7 Å². The van der Waals surface area contributed by atoms with Crippen molar-refractivity contribution in [1.82, 2.24) is 9.78 Å². The van der Waals surface area contributed by atoms with Gasteiger partial charge < -0.3 is 10.4 Å². The lowest BCUT2D eigenvalue weighted by atomic mass is 10.0. The molecule has 100 valence electrons. The number of benzene rings is 1. The average molecular weight is 257 g/mol. The van der Waals surface area contributed by atoms with Gasteiger partial charge in [0.05, 0.1) is 31.1 Å². The summed E-state index contributed by atoms with van der Waals surface area (Å²) >= 11 is 0. The molecule has 0 saturated heterocycles. The zero-order valence-corrected chi connectivity index (χ0v) is 11.1. The molecule has 3 rings (SSSR count). The van der Waals surface area contributed by atoms with Gasteiger partial charge in [-0.25, -0.2) is 0 Å². The van der Waals surface area contributed by atoms with Crippen molar-refractivity contribution in [3.8, 4) is 0 Å². The van der Waals surface area contributed by atoms with E-state index < -0.39 is 0 Å². The second-order valence-corrected chi connectivity index (χ2v) is 5.22. The number of rotatable bonds is 4. The molecule has 0 saturated carbocycles. The molecule has 19 heavy (non-hydrogen) atoms. The van der Waals surface area contributed by atoms with Crippen molar-refractivity contribution >= 4 is 5.69 Å². The molecule has 0 bridgehead atoms. The van der Waals surface area contributed by atoms with Gasteiger partial charge in [0, 0.05) is 6.20 Å². The van der Waals surface area contributed by atoms with Crippen molar-refractivity contribution in [3.05, 3.63) is 47.8 Å². The summed E-state index contributed by atoms with van der Waals surface area (Å²) in [4.78, 5) is 0. The number of nitrogens with one attached hydrogen (secondary N) is 1. The molecule has 1 aliphatic carbocycles. The monoisotopic (exact) mass is 257 g/mol. The summed E-state index contributed by atoms with van der Waals surface area (Å²) < 4.78 is 1.76. The third-order valence-electron chi connectivity index (χ3n) is 3.79. The molecule has 0 spiro atoms. The lowest BCUT2D eigenvalue weighted by molar-refractivity contribution is 0.269. The van der Waals surface area contributed by atoms with Gasteiger partial charge in [0.1, 0.15) is 0 Å². The number of hydrogen-bond donors (Lipinski definition) is 2. The number of aliphatic hydroxyl groups is 1. The Morgan fingerprint density at radius 2 is 2.26 bits per heavy atom. The average Bonchev–Trinajstić information content (AvgIpc) is 2.96. The van der Waals surface area contributed by atoms with Crippen LogP contribution in [0.5, 0.6) is 0 Å². The number of aliphatic hydroxyl groups excluding tert-OH is 1. The first-order chi connectivity index (χ1) is 9.28. The van der Waals surface area contributed by atoms with Crippen LogP contribution < -0.4 is 5.32 Å². The van der Waals surface area contributed by atoms with Crippen LogP contribution in [0, 0.1) is 5.92 Å². The van der Waals surface area contributed by atoms with Gasteiger partial charge in [-0.15, -0.1) is 0 Å². The predicted octanol–water partition coefficient (Wildman–Crippen LogP) is 2.22. The van der Waals surface area contributed by atoms with Crippen molar-refractivity contribution in [2.45, 2.75) is 25.9 Å². The van der Waals surface area contributed by atoms with Crippen molar-refractivity contribution < 1.29 is 5.11 Å². The summed E-state index contributed by atoms with van der Waals surface area (Å²) in [6.07, 6.45) is 4.89. The molecular formula is C15H19N3O. The quantitative estimate of drug-likeness (QED) is 0.883. The van der Waals surface area contributed by atoms with Crippen LogP contribution in [0.4, 0.5) is 5.69 Å². The van der Waals surface area contributed by atoms with Crippen molar-refractivity contribution in [3.63, 3.8) is 0 Å². The molecule has 0 amide bonds. The van der Waals surface area contributed by atoms with Crippen LogP contribution in [0.3, 0.4) is 0 Å². The van der Waals surface area contributed by atoms with E-state index in [0.717, 1.165) is 12.1 Å². The molecule has 1 aromatic carbocycles. The minimum absolute atomic E-state index is 0.115. The van der Waals surface area contributed by atoms with E-state index in [1.54, 1.807) is 4.68 Å². The highest BCUT2D eigenvalue weighted by Gasteiger charge is 2.28. The molecule has 2 aromatic rings. The fourth-order valence-corrected chi connectivity index (χ4v) is 2.86. The highest BCUT2D eigenvalue weighted by molar-refractivity contribution is 5.46. The summed E-state index contributed by atoms with van der Waals surface area (Å²) in [5.41, 5.74) is 3.85. The molecular weight excluding hydrogens is 238 g/mol. The lowest BCUT2D eigenvalue weighted by Crippen LogP contribution is -2.13. The van der Waals surface area contributed by atoms with Gasteiger partial charge in [-0.2, -0.15) is 5.10 Å². The van der Waals surface area contributed by atoms with Crippen LogP contribution in [-0.4, -0.2) is 21.5 Å². The van der Waals surface area contributed by atoms with Gasteiger partial charge in [-0.1, -0.05) is 31.2 Å². The van der Waals surface area contributed by atoms with Crippen molar-refractivity contribution in [2.75, 3.05) is 11.9 Å². The topological polar surface area (TPSA) is 50.1 Å². The molecule has 0 aliphatic heterocycles. The standard InChI is InChI=1S/C15H19N3O/c1-11-8-12-4-2-3-5-14(12)15(11)17-13-9-16-18(10-13)6-7-19/h2-5,9-11,15,17,19H,6-8H2,1H3. The largest absolute Gasteiger partial charge is 0.394 e. The first-order valence-electron chi connectivity index (χ1n) is 6.75. The summed E-state index contributed by atoms with van der Waals surface area (Å²) in [6.45, 7) is 2.93. The zero-order valence-electron chi connectivity index (χ0n) is 11.1. The number of nitrogens with zero attached hydrogens (tertiary/aromatic N) is 2. The van der Waals surface area contributed by atoms with Gasteiger partial charge in [0.15, 0.2) is 0 Å². The van der Waals surface area contributed by atoms with Gasteiger partial charge >= 0.3 is 0 Å². The van der Waals surface area contributed by atoms with Gasteiger partial charge in [0.2, 0.25) is 0 Å². The zero-order chi connectivity index (χ0) is 13.2. The Labute approximate surface area is 113 Å². The first-order valence-corrected chi connectivity index (χ1v) is 6.75. The molecule has 1 heterocycles. The van der Waals surface area contributed by atoms with Gasteiger partial charge in [-0.05, 0) is 23.5 Å². The van der Waals surface area contributed by atoms with E-state index in [4.69, 9.17) is 5.11 Å². The smallest absolute Gasteiger partial charge is 0.0731 e. The normalized spacial score (nSPS) is 21.4. The van der Waals surface area contributed by atoms with E-state index in [-0.39, 0.29) is 6.61 Å².